The summed E-state index contributed by atoms with van der Waals surface area (Å²) in [5, 5.41) is 6.29. The fourth-order valence-corrected chi connectivity index (χ4v) is 4.23. The van der Waals surface area contributed by atoms with E-state index in [1.165, 1.54) is 0 Å². The highest BCUT2D eigenvalue weighted by Gasteiger charge is 2.50. The number of hydrogen-bond donors (Lipinski definition) is 2. The summed E-state index contributed by atoms with van der Waals surface area (Å²) >= 11 is 0. The Balaban J connectivity index is 0.00000450. The molecule has 0 saturated carbocycles. The first-order chi connectivity index (χ1) is 13.7. The molecule has 2 aliphatic rings. The predicted octanol–water partition coefficient (Wildman–Crippen LogP) is 2.06. The van der Waals surface area contributed by atoms with Crippen LogP contribution in [0.2, 0.25) is 0 Å². The highest BCUT2D eigenvalue weighted by molar-refractivity contribution is 14.0. The fraction of sp³-hybridized carbons (Fsp3) is 0.941. The summed E-state index contributed by atoms with van der Waals surface area (Å²) in [6.45, 7) is 4.87. The van der Waals surface area contributed by atoms with Crippen LogP contribution in [0.15, 0.2) is 4.99 Å². The second-order valence-corrected chi connectivity index (χ2v) is 8.99. The molecule has 0 spiro atoms. The van der Waals surface area contributed by atoms with E-state index in [9.17, 15) is 21.6 Å². The van der Waals surface area contributed by atoms with Gasteiger partial charge in [-0.15, -0.1) is 24.0 Å². The average Bonchev–Trinajstić information content (AvgIpc) is 2.68. The Morgan fingerprint density at radius 2 is 1.83 bits per heavy atom. The zero-order valence-electron chi connectivity index (χ0n) is 17.1. The predicted molar refractivity (Wildman–Crippen MR) is 119 cm³/mol. The van der Waals surface area contributed by atoms with Crippen LogP contribution < -0.4 is 10.6 Å². The van der Waals surface area contributed by atoms with Crippen molar-refractivity contribution in [3.8, 4) is 0 Å². The Morgan fingerprint density at radius 3 is 2.40 bits per heavy atom. The van der Waals surface area contributed by atoms with Crippen LogP contribution in [-0.4, -0.2) is 82.3 Å². The highest BCUT2D eigenvalue weighted by Crippen LogP contribution is 2.28. The molecule has 0 amide bonds. The minimum Gasteiger partial charge on any atom is -0.381 e. The van der Waals surface area contributed by atoms with Crippen molar-refractivity contribution in [2.75, 3.05) is 46.0 Å². The van der Waals surface area contributed by atoms with Crippen molar-refractivity contribution in [1.82, 2.24) is 14.9 Å². The third-order valence-electron chi connectivity index (χ3n) is 4.87. The molecule has 0 aromatic heterocycles. The number of nitrogens with zero attached hydrogens (tertiary/aromatic N) is 2. The summed E-state index contributed by atoms with van der Waals surface area (Å²) in [7, 11) is -5.25. The molecule has 2 saturated heterocycles. The third-order valence-corrected chi connectivity index (χ3v) is 6.50. The van der Waals surface area contributed by atoms with E-state index in [4.69, 9.17) is 9.47 Å². The van der Waals surface area contributed by atoms with Gasteiger partial charge in [-0.1, -0.05) is 0 Å². The molecule has 0 atom stereocenters. The lowest BCUT2D eigenvalue weighted by atomic mass is 10.1. The molecule has 13 heteroatoms. The van der Waals surface area contributed by atoms with Crippen LogP contribution >= 0.6 is 24.0 Å². The van der Waals surface area contributed by atoms with E-state index in [2.05, 4.69) is 15.6 Å². The Morgan fingerprint density at radius 1 is 1.20 bits per heavy atom. The monoisotopic (exact) mass is 572 g/mol. The van der Waals surface area contributed by atoms with Gasteiger partial charge in [0.25, 0.3) is 0 Å². The van der Waals surface area contributed by atoms with Crippen LogP contribution in [0.5, 0.6) is 0 Å². The van der Waals surface area contributed by atoms with Crippen molar-refractivity contribution in [3.63, 3.8) is 0 Å². The SMILES string of the molecule is CCNC(=NCCCOC1CCOCC1)NC1CCN(S(=O)(=O)C(F)(F)F)CC1.I. The second kappa shape index (κ2) is 13.2. The molecule has 2 heterocycles. The van der Waals surface area contributed by atoms with Crippen molar-refractivity contribution < 1.29 is 31.1 Å². The molecule has 0 aromatic rings. The second-order valence-electron chi connectivity index (χ2n) is 7.07. The minimum absolute atomic E-state index is 0. The molecular weight excluding hydrogens is 540 g/mol. The van der Waals surface area contributed by atoms with Gasteiger partial charge in [-0.05, 0) is 39.0 Å². The van der Waals surface area contributed by atoms with Gasteiger partial charge in [0, 0.05) is 52.0 Å². The Bertz CT molecular complexity index is 623. The standard InChI is InChI=1S/C17H31F3N4O4S.HI/c1-2-21-16(22-8-3-11-28-15-6-12-27-13-7-15)23-14-4-9-24(10-5-14)29(25,26)17(18,19)20;/h14-15H,2-13H2,1H3,(H2,21,22,23);1H. The minimum atomic E-state index is -5.25. The van der Waals surface area contributed by atoms with E-state index in [1.807, 2.05) is 6.92 Å². The van der Waals surface area contributed by atoms with Gasteiger partial charge in [0.1, 0.15) is 0 Å². The van der Waals surface area contributed by atoms with Gasteiger partial charge in [0.15, 0.2) is 5.96 Å². The molecule has 8 nitrogen and oxygen atoms in total. The van der Waals surface area contributed by atoms with Gasteiger partial charge in [-0.2, -0.15) is 17.5 Å². The van der Waals surface area contributed by atoms with Crippen molar-refractivity contribution in [1.29, 1.82) is 0 Å². The van der Waals surface area contributed by atoms with Gasteiger partial charge < -0.3 is 20.1 Å². The number of sulfonamides is 1. The van der Waals surface area contributed by atoms with Crippen molar-refractivity contribution in [2.45, 2.75) is 56.7 Å². The van der Waals surface area contributed by atoms with Crippen LogP contribution in [0.25, 0.3) is 0 Å². The number of hydrogen-bond acceptors (Lipinski definition) is 5. The van der Waals surface area contributed by atoms with Crippen LogP contribution in [0.1, 0.15) is 39.0 Å². The molecule has 0 unspecified atom stereocenters. The summed E-state index contributed by atoms with van der Waals surface area (Å²) in [5.74, 6) is 0.579. The summed E-state index contributed by atoms with van der Waals surface area (Å²) < 4.78 is 72.5. The number of nitrogens with one attached hydrogen (secondary N) is 2. The molecule has 0 radical (unpaired) electrons. The largest absolute Gasteiger partial charge is 0.511 e. The van der Waals surface area contributed by atoms with Crippen molar-refractivity contribution >= 4 is 40.0 Å². The first-order valence-corrected chi connectivity index (χ1v) is 11.5. The van der Waals surface area contributed by atoms with E-state index in [-0.39, 0.29) is 62.1 Å². The Labute approximate surface area is 193 Å². The first-order valence-electron chi connectivity index (χ1n) is 10.0. The lowest BCUT2D eigenvalue weighted by molar-refractivity contribution is -0.0495. The third kappa shape index (κ3) is 8.63. The molecule has 0 aromatic carbocycles. The summed E-state index contributed by atoms with van der Waals surface area (Å²) in [4.78, 5) is 4.48. The maximum atomic E-state index is 12.7. The summed E-state index contributed by atoms with van der Waals surface area (Å²) in [6.07, 6.45) is 3.40. The maximum Gasteiger partial charge on any atom is 0.511 e. The van der Waals surface area contributed by atoms with Crippen LogP contribution in [0.4, 0.5) is 13.2 Å². The number of rotatable bonds is 8. The van der Waals surface area contributed by atoms with Crippen LogP contribution in [0.3, 0.4) is 0 Å². The molecule has 2 N–H and O–H groups in total. The van der Waals surface area contributed by atoms with Crippen molar-refractivity contribution in [3.05, 3.63) is 0 Å². The topological polar surface area (TPSA) is 92.3 Å². The summed E-state index contributed by atoms with van der Waals surface area (Å²) in [6, 6.07) is -0.133. The molecular formula is C17H32F3IN4O4S. The lowest BCUT2D eigenvalue weighted by Gasteiger charge is -2.32. The zero-order chi connectivity index (χ0) is 21.3. The zero-order valence-corrected chi connectivity index (χ0v) is 20.3. The molecule has 0 bridgehead atoms. The smallest absolute Gasteiger partial charge is 0.381 e. The highest BCUT2D eigenvalue weighted by atomic mass is 127. The fourth-order valence-electron chi connectivity index (χ4n) is 3.25. The van der Waals surface area contributed by atoms with Crippen LogP contribution in [-0.2, 0) is 19.5 Å². The van der Waals surface area contributed by atoms with E-state index in [0.29, 0.717) is 30.0 Å². The van der Waals surface area contributed by atoms with Crippen molar-refractivity contribution in [2.24, 2.45) is 4.99 Å². The normalized spacial score (nSPS) is 20.6. The number of piperidine rings is 1. The molecule has 2 fully saturated rings. The molecule has 2 rings (SSSR count). The molecule has 2 aliphatic heterocycles. The van der Waals surface area contributed by atoms with E-state index >= 15 is 0 Å². The van der Waals surface area contributed by atoms with Gasteiger partial charge >= 0.3 is 15.5 Å². The Kier molecular flexibility index (Phi) is 12.2. The molecule has 0 aliphatic carbocycles. The number of ether oxygens (including phenoxy) is 2. The maximum absolute atomic E-state index is 12.7. The number of aliphatic imine (C=N–C) groups is 1. The number of alkyl halides is 3. The summed E-state index contributed by atoms with van der Waals surface area (Å²) in [5.41, 5.74) is -5.25. The van der Waals surface area contributed by atoms with Gasteiger partial charge in [0.05, 0.1) is 6.10 Å². The first kappa shape index (κ1) is 27.7. The van der Waals surface area contributed by atoms with Gasteiger partial charge in [-0.3, -0.25) is 4.99 Å². The molecule has 30 heavy (non-hydrogen) atoms. The average molecular weight is 572 g/mol. The van der Waals surface area contributed by atoms with Gasteiger partial charge in [0.2, 0.25) is 0 Å². The number of halogens is 4. The lowest BCUT2D eigenvalue weighted by Crippen LogP contribution is -2.51. The van der Waals surface area contributed by atoms with Gasteiger partial charge in [-0.25, -0.2) is 8.42 Å². The van der Waals surface area contributed by atoms with Crippen LogP contribution in [0, 0.1) is 0 Å². The molecule has 178 valence electrons. The van der Waals surface area contributed by atoms with E-state index in [0.717, 1.165) is 32.5 Å². The number of guanidine groups is 1. The van der Waals surface area contributed by atoms with E-state index < -0.39 is 15.5 Å². The van der Waals surface area contributed by atoms with E-state index in [1.54, 1.807) is 0 Å². The Hall–Kier alpha value is -0.380. The quantitative estimate of drug-likeness (QED) is 0.200.